The van der Waals surface area contributed by atoms with E-state index in [0.29, 0.717) is 25.0 Å². The van der Waals surface area contributed by atoms with Crippen LogP contribution < -0.4 is 10.1 Å². The van der Waals surface area contributed by atoms with Gasteiger partial charge in [-0.1, -0.05) is 0 Å². The molecule has 0 bridgehead atoms. The van der Waals surface area contributed by atoms with Crippen molar-refractivity contribution in [2.75, 3.05) is 5.32 Å². The van der Waals surface area contributed by atoms with Gasteiger partial charge in [0.1, 0.15) is 5.75 Å². The fourth-order valence-corrected chi connectivity index (χ4v) is 3.20. The predicted molar refractivity (Wildman–Crippen MR) is 109 cm³/mol. The molecule has 29 heavy (non-hydrogen) atoms. The lowest BCUT2D eigenvalue weighted by atomic mass is 10.1. The van der Waals surface area contributed by atoms with E-state index in [-0.39, 0.29) is 0 Å². The van der Waals surface area contributed by atoms with Crippen molar-refractivity contribution < 1.29 is 9.47 Å². The Hall–Kier alpha value is -3.76. The third-order valence-electron chi connectivity index (χ3n) is 4.49. The first-order valence-corrected chi connectivity index (χ1v) is 9.14. The van der Waals surface area contributed by atoms with Crippen molar-refractivity contribution in [2.24, 2.45) is 0 Å². The van der Waals surface area contributed by atoms with Crippen LogP contribution in [0.15, 0.2) is 42.7 Å². The Morgan fingerprint density at radius 3 is 2.76 bits per heavy atom. The van der Waals surface area contributed by atoms with E-state index >= 15 is 0 Å². The summed E-state index contributed by atoms with van der Waals surface area (Å²) in [5.74, 6) is 1.64. The molecule has 2 aromatic heterocycles. The molecule has 144 valence electrons. The van der Waals surface area contributed by atoms with E-state index in [0.717, 1.165) is 39.4 Å². The Balaban J connectivity index is 1.68. The molecule has 0 radical (unpaired) electrons. The van der Waals surface area contributed by atoms with Gasteiger partial charge in [0.15, 0.2) is 0 Å². The maximum Gasteiger partial charge on any atom is 0.230 e. The number of nitrogens with one attached hydrogen (secondary N) is 1. The molecule has 0 fully saturated rings. The standard InChI is InChI=1S/C22H19N5O2/c1-14-9-16(5-3-7-23)10-15(2)20(14)29-21-18-12-28-13-19(18)26-22(27-21)25-17-6-4-8-24-11-17/h3-6,8-11H,12-13H2,1-2H3,(H,25,26,27)/b5-3+. The molecule has 3 aromatic rings. The van der Waals surface area contributed by atoms with Crippen LogP contribution in [0, 0.1) is 25.2 Å². The summed E-state index contributed by atoms with van der Waals surface area (Å²) in [5.41, 5.74) is 5.31. The molecule has 3 heterocycles. The van der Waals surface area contributed by atoms with E-state index < -0.39 is 0 Å². The lowest BCUT2D eigenvalue weighted by Crippen LogP contribution is -2.05. The molecule has 0 spiro atoms. The minimum atomic E-state index is 0.416. The number of allylic oxidation sites excluding steroid dienone is 1. The first-order valence-electron chi connectivity index (χ1n) is 9.14. The van der Waals surface area contributed by atoms with Gasteiger partial charge in [0.2, 0.25) is 11.8 Å². The number of pyridine rings is 1. The highest BCUT2D eigenvalue weighted by atomic mass is 16.5. The summed E-state index contributed by atoms with van der Waals surface area (Å²) < 4.78 is 11.8. The number of benzene rings is 1. The highest BCUT2D eigenvalue weighted by Gasteiger charge is 2.23. The van der Waals surface area contributed by atoms with E-state index in [2.05, 4.69) is 20.3 Å². The maximum atomic E-state index is 8.74. The summed E-state index contributed by atoms with van der Waals surface area (Å²) in [6, 6.07) is 9.69. The number of fused-ring (bicyclic) bond motifs is 1. The van der Waals surface area contributed by atoms with Crippen LogP contribution in [-0.2, 0) is 18.0 Å². The van der Waals surface area contributed by atoms with Crippen molar-refractivity contribution >= 4 is 17.7 Å². The molecule has 7 nitrogen and oxygen atoms in total. The zero-order chi connectivity index (χ0) is 20.2. The van der Waals surface area contributed by atoms with E-state index in [1.807, 2.05) is 44.2 Å². The van der Waals surface area contributed by atoms with Crippen molar-refractivity contribution in [1.29, 1.82) is 5.26 Å². The van der Waals surface area contributed by atoms with Gasteiger partial charge in [-0.2, -0.15) is 10.2 Å². The molecule has 4 rings (SSSR count). The van der Waals surface area contributed by atoms with Gasteiger partial charge in [-0.15, -0.1) is 0 Å². The molecule has 0 unspecified atom stereocenters. The van der Waals surface area contributed by atoms with E-state index in [1.165, 1.54) is 6.08 Å². The van der Waals surface area contributed by atoms with E-state index in [9.17, 15) is 0 Å². The molecule has 0 aliphatic carbocycles. The topological polar surface area (TPSA) is 93.0 Å². The quantitative estimate of drug-likeness (QED) is 0.642. The number of hydrogen-bond donors (Lipinski definition) is 1. The average Bonchev–Trinajstić information content (AvgIpc) is 3.18. The predicted octanol–water partition coefficient (Wildman–Crippen LogP) is 4.59. The van der Waals surface area contributed by atoms with Crippen molar-refractivity contribution in [2.45, 2.75) is 27.1 Å². The molecule has 1 N–H and O–H groups in total. The number of nitriles is 1. The van der Waals surface area contributed by atoms with Crippen LogP contribution in [0.2, 0.25) is 0 Å². The molecule has 0 amide bonds. The average molecular weight is 385 g/mol. The monoisotopic (exact) mass is 385 g/mol. The lowest BCUT2D eigenvalue weighted by molar-refractivity contribution is 0.132. The maximum absolute atomic E-state index is 8.74. The van der Waals surface area contributed by atoms with E-state index in [4.69, 9.17) is 14.7 Å². The second-order valence-electron chi connectivity index (χ2n) is 6.69. The second kappa shape index (κ2) is 8.09. The van der Waals surface area contributed by atoms with Gasteiger partial charge in [0, 0.05) is 12.3 Å². The molecule has 0 atom stereocenters. The highest BCUT2D eigenvalue weighted by molar-refractivity contribution is 5.59. The number of aromatic nitrogens is 3. The molecular formula is C22H19N5O2. The third kappa shape index (κ3) is 4.08. The van der Waals surface area contributed by atoms with Crippen LogP contribution in [0.3, 0.4) is 0 Å². The zero-order valence-electron chi connectivity index (χ0n) is 16.1. The molecule has 1 aliphatic rings. The van der Waals surface area contributed by atoms with Gasteiger partial charge in [-0.3, -0.25) is 4.98 Å². The summed E-state index contributed by atoms with van der Waals surface area (Å²) in [4.78, 5) is 13.2. The molecule has 0 saturated carbocycles. The number of aryl methyl sites for hydroxylation is 2. The molecular weight excluding hydrogens is 366 g/mol. The molecule has 1 aromatic carbocycles. The summed E-state index contributed by atoms with van der Waals surface area (Å²) in [7, 11) is 0. The summed E-state index contributed by atoms with van der Waals surface area (Å²) in [5, 5.41) is 11.9. The van der Waals surface area contributed by atoms with Crippen LogP contribution >= 0.6 is 0 Å². The number of hydrogen-bond acceptors (Lipinski definition) is 7. The van der Waals surface area contributed by atoms with Crippen molar-refractivity contribution in [3.05, 3.63) is 70.7 Å². The number of ether oxygens (including phenoxy) is 2. The van der Waals surface area contributed by atoms with Crippen LogP contribution in [0.4, 0.5) is 11.6 Å². The Morgan fingerprint density at radius 1 is 1.21 bits per heavy atom. The van der Waals surface area contributed by atoms with Gasteiger partial charge in [-0.05, 0) is 60.9 Å². The highest BCUT2D eigenvalue weighted by Crippen LogP contribution is 2.35. The van der Waals surface area contributed by atoms with Gasteiger partial charge in [0.05, 0.1) is 42.4 Å². The summed E-state index contributed by atoms with van der Waals surface area (Å²) in [6.45, 7) is 4.78. The smallest absolute Gasteiger partial charge is 0.230 e. The van der Waals surface area contributed by atoms with Crippen LogP contribution in [-0.4, -0.2) is 15.0 Å². The van der Waals surface area contributed by atoms with Gasteiger partial charge in [0.25, 0.3) is 0 Å². The van der Waals surface area contributed by atoms with Gasteiger partial charge >= 0.3 is 0 Å². The van der Waals surface area contributed by atoms with Gasteiger partial charge in [-0.25, -0.2) is 4.98 Å². The summed E-state index contributed by atoms with van der Waals surface area (Å²) >= 11 is 0. The Morgan fingerprint density at radius 2 is 2.03 bits per heavy atom. The fourth-order valence-electron chi connectivity index (χ4n) is 3.20. The second-order valence-corrected chi connectivity index (χ2v) is 6.69. The number of rotatable bonds is 5. The van der Waals surface area contributed by atoms with E-state index in [1.54, 1.807) is 18.5 Å². The van der Waals surface area contributed by atoms with Crippen molar-refractivity contribution in [1.82, 2.24) is 15.0 Å². The normalized spacial score (nSPS) is 12.6. The number of nitrogens with zero attached hydrogens (tertiary/aromatic N) is 4. The molecule has 0 saturated heterocycles. The first-order chi connectivity index (χ1) is 14.1. The third-order valence-corrected chi connectivity index (χ3v) is 4.49. The zero-order valence-corrected chi connectivity index (χ0v) is 16.1. The van der Waals surface area contributed by atoms with Crippen molar-refractivity contribution in [3.8, 4) is 17.7 Å². The molecule has 1 aliphatic heterocycles. The first kappa shape index (κ1) is 18.6. The minimum absolute atomic E-state index is 0.416. The minimum Gasteiger partial charge on any atom is -0.438 e. The fraction of sp³-hybridized carbons (Fsp3) is 0.182. The number of anilines is 2. The SMILES string of the molecule is Cc1cc(/C=C/C#N)cc(C)c1Oc1nc(Nc2cccnc2)nc2c1COC2. The Bertz CT molecular complexity index is 1100. The van der Waals surface area contributed by atoms with Crippen molar-refractivity contribution in [3.63, 3.8) is 0 Å². The Kier molecular flexibility index (Phi) is 5.18. The summed E-state index contributed by atoms with van der Waals surface area (Å²) in [6.07, 6.45) is 6.64. The lowest BCUT2D eigenvalue weighted by Gasteiger charge is -2.15. The van der Waals surface area contributed by atoms with Crippen LogP contribution in [0.1, 0.15) is 27.9 Å². The van der Waals surface area contributed by atoms with Gasteiger partial charge < -0.3 is 14.8 Å². The van der Waals surface area contributed by atoms with Crippen LogP contribution in [0.5, 0.6) is 11.6 Å². The largest absolute Gasteiger partial charge is 0.438 e. The van der Waals surface area contributed by atoms with Crippen LogP contribution in [0.25, 0.3) is 6.08 Å². The Labute approximate surface area is 168 Å². The molecule has 7 heteroatoms.